The number of Topliss-reactive ketones (excluding diaryl/α,β-unsaturated/α-hetero) is 1. The lowest BCUT2D eigenvalue weighted by atomic mass is 10.2. The Hall–Kier alpha value is -1.04. The normalized spacial score (nSPS) is 24.1. The molecule has 1 aliphatic heterocycles. The lowest BCUT2D eigenvalue weighted by Gasteiger charge is -2.17. The fraction of sp³-hybridized carbons (Fsp3) is 0.643. The van der Waals surface area contributed by atoms with Gasteiger partial charge in [-0.05, 0) is 35.9 Å². The van der Waals surface area contributed by atoms with Crippen LogP contribution in [0.1, 0.15) is 32.4 Å². The summed E-state index contributed by atoms with van der Waals surface area (Å²) in [6, 6.07) is 0. The zero-order valence-electron chi connectivity index (χ0n) is 12.6. The largest absolute Gasteiger partial charge is 0.394 e. The predicted molar refractivity (Wildman–Crippen MR) is 89.2 cm³/mol. The first-order chi connectivity index (χ1) is 10.8. The Morgan fingerprint density at radius 2 is 2.17 bits per heavy atom. The van der Waals surface area contributed by atoms with Crippen molar-refractivity contribution in [2.75, 3.05) is 6.61 Å². The second-order valence-electron chi connectivity index (χ2n) is 5.54. The molecule has 0 saturated carbocycles. The molecule has 1 aromatic heterocycles. The summed E-state index contributed by atoms with van der Waals surface area (Å²) in [7, 11) is 0. The van der Waals surface area contributed by atoms with Gasteiger partial charge in [-0.3, -0.25) is 13.9 Å². The topological polar surface area (TPSA) is 111 Å². The molecule has 0 amide bonds. The standard InChI is InChI=1S/C14H19IN2O6/c1-8(19)3-2-4-16-13(21)9(15)6-17(14(16)22)12-5-10(20)11(7-18)23-12/h6,10-12,18,20H,2-5,7H2,1H3/t10-,11+,12+/m0/s1. The molecule has 2 heterocycles. The lowest BCUT2D eigenvalue weighted by molar-refractivity contribution is -0.117. The lowest BCUT2D eigenvalue weighted by Crippen LogP contribution is -2.42. The molecular formula is C14H19IN2O6. The first kappa shape index (κ1) is 18.3. The molecule has 9 heteroatoms. The molecule has 1 saturated heterocycles. The fourth-order valence-corrected chi connectivity index (χ4v) is 3.12. The Labute approximate surface area is 145 Å². The van der Waals surface area contributed by atoms with E-state index in [9.17, 15) is 19.5 Å². The van der Waals surface area contributed by atoms with Gasteiger partial charge in [0.1, 0.15) is 18.1 Å². The molecule has 2 rings (SSSR count). The molecule has 0 bridgehead atoms. The zero-order valence-corrected chi connectivity index (χ0v) is 14.8. The minimum absolute atomic E-state index is 0.00274. The van der Waals surface area contributed by atoms with Crippen LogP contribution in [0.4, 0.5) is 0 Å². The summed E-state index contributed by atoms with van der Waals surface area (Å²) in [4.78, 5) is 35.7. The fourth-order valence-electron chi connectivity index (χ4n) is 2.53. The van der Waals surface area contributed by atoms with Gasteiger partial charge in [-0.2, -0.15) is 0 Å². The third-order valence-corrected chi connectivity index (χ3v) is 4.50. The van der Waals surface area contributed by atoms with Gasteiger partial charge >= 0.3 is 5.69 Å². The molecule has 1 aliphatic rings. The van der Waals surface area contributed by atoms with E-state index < -0.39 is 29.7 Å². The maximum Gasteiger partial charge on any atom is 0.333 e. The number of halogens is 1. The van der Waals surface area contributed by atoms with Crippen molar-refractivity contribution >= 4 is 28.4 Å². The Morgan fingerprint density at radius 1 is 1.48 bits per heavy atom. The van der Waals surface area contributed by atoms with Crippen molar-refractivity contribution in [3.05, 3.63) is 30.6 Å². The molecule has 0 radical (unpaired) electrons. The number of hydrogen-bond donors (Lipinski definition) is 2. The van der Waals surface area contributed by atoms with E-state index in [0.29, 0.717) is 16.4 Å². The summed E-state index contributed by atoms with van der Waals surface area (Å²) < 4.78 is 8.15. The van der Waals surface area contributed by atoms with Crippen LogP contribution >= 0.6 is 22.6 Å². The summed E-state index contributed by atoms with van der Waals surface area (Å²) in [6.45, 7) is 1.26. The quantitative estimate of drug-likeness (QED) is 0.587. The highest BCUT2D eigenvalue weighted by atomic mass is 127. The van der Waals surface area contributed by atoms with Crippen LogP contribution in [-0.2, 0) is 16.1 Å². The third-order valence-electron chi connectivity index (χ3n) is 3.76. The van der Waals surface area contributed by atoms with E-state index in [1.54, 1.807) is 0 Å². The highest BCUT2D eigenvalue weighted by Crippen LogP contribution is 2.27. The number of rotatable bonds is 6. The number of hydrogen-bond acceptors (Lipinski definition) is 6. The number of carbonyl (C=O) groups excluding carboxylic acids is 1. The van der Waals surface area contributed by atoms with Gasteiger partial charge in [0.15, 0.2) is 0 Å². The molecule has 0 aliphatic carbocycles. The van der Waals surface area contributed by atoms with Crippen LogP contribution in [0, 0.1) is 3.57 Å². The van der Waals surface area contributed by atoms with E-state index in [1.165, 1.54) is 17.7 Å². The van der Waals surface area contributed by atoms with E-state index in [4.69, 9.17) is 9.84 Å². The van der Waals surface area contributed by atoms with Crippen molar-refractivity contribution < 1.29 is 19.7 Å². The van der Waals surface area contributed by atoms with E-state index in [2.05, 4.69) is 0 Å². The van der Waals surface area contributed by atoms with Crippen LogP contribution < -0.4 is 11.2 Å². The number of ketones is 1. The Morgan fingerprint density at radius 3 is 2.74 bits per heavy atom. The van der Waals surface area contributed by atoms with Gasteiger partial charge in [0.05, 0.1) is 16.3 Å². The summed E-state index contributed by atoms with van der Waals surface area (Å²) in [5.74, 6) is -0.00274. The number of aliphatic hydroxyl groups excluding tert-OH is 2. The Balaban J connectivity index is 2.31. The van der Waals surface area contributed by atoms with Gasteiger partial charge in [0, 0.05) is 25.6 Å². The molecule has 23 heavy (non-hydrogen) atoms. The summed E-state index contributed by atoms with van der Waals surface area (Å²) in [5, 5.41) is 18.9. The number of nitrogens with zero attached hydrogens (tertiary/aromatic N) is 2. The molecule has 2 N–H and O–H groups in total. The Bertz CT molecular complexity index is 697. The summed E-state index contributed by atoms with van der Waals surface area (Å²) in [5.41, 5.74) is -0.956. The zero-order chi connectivity index (χ0) is 17.1. The number of aromatic nitrogens is 2. The van der Waals surface area contributed by atoms with E-state index in [0.717, 1.165) is 4.57 Å². The van der Waals surface area contributed by atoms with Crippen molar-refractivity contribution in [2.45, 2.75) is 51.2 Å². The molecule has 1 fully saturated rings. The second-order valence-corrected chi connectivity index (χ2v) is 6.71. The minimum Gasteiger partial charge on any atom is -0.394 e. The van der Waals surface area contributed by atoms with Crippen molar-refractivity contribution in [3.63, 3.8) is 0 Å². The van der Waals surface area contributed by atoms with Crippen molar-refractivity contribution in [1.29, 1.82) is 0 Å². The molecule has 0 aromatic carbocycles. The molecule has 0 spiro atoms. The van der Waals surface area contributed by atoms with Crippen molar-refractivity contribution in [2.24, 2.45) is 0 Å². The van der Waals surface area contributed by atoms with Gasteiger partial charge in [-0.25, -0.2) is 4.79 Å². The average molecular weight is 438 g/mol. The number of ether oxygens (including phenoxy) is 1. The Kier molecular flexibility index (Phi) is 6.12. The van der Waals surface area contributed by atoms with Gasteiger partial charge in [0.25, 0.3) is 5.56 Å². The maximum absolute atomic E-state index is 12.5. The molecule has 3 atom stereocenters. The van der Waals surface area contributed by atoms with Gasteiger partial charge < -0.3 is 19.7 Å². The third kappa shape index (κ3) is 4.08. The SMILES string of the molecule is CC(=O)CCCn1c(=O)c(I)cn([C@H]2C[C@H](O)[C@@H](CO)O2)c1=O. The summed E-state index contributed by atoms with van der Waals surface area (Å²) >= 11 is 1.84. The smallest absolute Gasteiger partial charge is 0.333 e. The minimum atomic E-state index is -0.868. The van der Waals surface area contributed by atoms with Crippen molar-refractivity contribution in [3.8, 4) is 0 Å². The van der Waals surface area contributed by atoms with Crippen LogP contribution in [0.25, 0.3) is 0 Å². The van der Waals surface area contributed by atoms with Crippen molar-refractivity contribution in [1.82, 2.24) is 9.13 Å². The van der Waals surface area contributed by atoms with Crippen LogP contribution in [0.3, 0.4) is 0 Å². The maximum atomic E-state index is 12.5. The number of aliphatic hydroxyl groups is 2. The van der Waals surface area contributed by atoms with E-state index in [1.807, 2.05) is 22.6 Å². The first-order valence-electron chi connectivity index (χ1n) is 7.30. The van der Waals surface area contributed by atoms with E-state index in [-0.39, 0.29) is 25.4 Å². The predicted octanol–water partition coefficient (Wildman–Crippen LogP) is -0.375. The van der Waals surface area contributed by atoms with Crippen LogP contribution in [0.15, 0.2) is 15.8 Å². The van der Waals surface area contributed by atoms with Crippen LogP contribution in [0.2, 0.25) is 0 Å². The molecular weight excluding hydrogens is 419 g/mol. The molecule has 1 aromatic rings. The molecule has 128 valence electrons. The number of carbonyl (C=O) groups is 1. The van der Waals surface area contributed by atoms with E-state index >= 15 is 0 Å². The van der Waals surface area contributed by atoms with Gasteiger partial charge in [-0.15, -0.1) is 0 Å². The first-order valence-corrected chi connectivity index (χ1v) is 8.38. The molecule has 0 unspecified atom stereocenters. The van der Waals surface area contributed by atoms with Gasteiger partial charge in [0.2, 0.25) is 0 Å². The average Bonchev–Trinajstić information content (AvgIpc) is 2.87. The summed E-state index contributed by atoms with van der Waals surface area (Å²) in [6.07, 6.45) is -0.102. The second kappa shape index (κ2) is 7.69. The highest BCUT2D eigenvalue weighted by Gasteiger charge is 2.35. The monoisotopic (exact) mass is 438 g/mol. The highest BCUT2D eigenvalue weighted by molar-refractivity contribution is 14.1. The molecule has 8 nitrogen and oxygen atoms in total. The van der Waals surface area contributed by atoms with Crippen LogP contribution in [0.5, 0.6) is 0 Å². The van der Waals surface area contributed by atoms with Crippen LogP contribution in [-0.4, -0.2) is 43.9 Å². The van der Waals surface area contributed by atoms with Gasteiger partial charge in [-0.1, -0.05) is 0 Å².